The van der Waals surface area contributed by atoms with E-state index in [0.717, 1.165) is 38.8 Å². The van der Waals surface area contributed by atoms with Crippen molar-refractivity contribution in [3.8, 4) is 5.75 Å². The summed E-state index contributed by atoms with van der Waals surface area (Å²) in [6.45, 7) is 11.0. The fourth-order valence-electron chi connectivity index (χ4n) is 6.17. The number of rotatable bonds is 8. The van der Waals surface area contributed by atoms with E-state index in [1.165, 1.54) is 5.56 Å². The highest BCUT2D eigenvalue weighted by atomic mass is 28.3. The Kier molecular flexibility index (Phi) is 8.02. The Bertz CT molecular complexity index is 1760. The third-order valence-corrected chi connectivity index (χ3v) is 9.07. The molecule has 0 aliphatic carbocycles. The predicted molar refractivity (Wildman–Crippen MR) is 183 cm³/mol. The minimum Gasteiger partial charge on any atom is -0.546 e. The van der Waals surface area contributed by atoms with Gasteiger partial charge in [0.1, 0.15) is 17.4 Å². The van der Waals surface area contributed by atoms with Crippen molar-refractivity contribution in [2.24, 2.45) is 0 Å². The smallest absolute Gasteiger partial charge is 0.229 e. The van der Waals surface area contributed by atoms with Crippen LogP contribution in [0.15, 0.2) is 134 Å². The zero-order valence-electron chi connectivity index (χ0n) is 26.1. The molecule has 0 bridgehead atoms. The first-order valence-corrected chi connectivity index (χ1v) is 18.1. The lowest BCUT2D eigenvalue weighted by Gasteiger charge is -2.37. The van der Waals surface area contributed by atoms with Crippen LogP contribution in [0.3, 0.4) is 0 Å². The minimum absolute atomic E-state index is 0.0375. The van der Waals surface area contributed by atoms with Gasteiger partial charge in [-0.3, -0.25) is 0 Å². The van der Waals surface area contributed by atoms with E-state index in [1.54, 1.807) is 0 Å². The van der Waals surface area contributed by atoms with Crippen LogP contribution in [0.5, 0.6) is 5.75 Å². The standard InChI is InChI=1S/C39H40N2O2Si/c1-38(2,3)32-22-24-33-28(25-32)21-23-34(37(33)43-44(4)5)36(42)35-26-41(27-40-35)39(29-15-9-6-10-16-29,30-17-11-7-12-18-30)31-19-13-8-14-20-31/h6-27,36,42,44H,1-5H3. The number of aromatic nitrogens is 2. The van der Waals surface area contributed by atoms with E-state index in [0.29, 0.717) is 5.69 Å². The maximum atomic E-state index is 12.0. The molecule has 0 spiro atoms. The zero-order chi connectivity index (χ0) is 30.9. The Morgan fingerprint density at radius 2 is 1.25 bits per heavy atom. The van der Waals surface area contributed by atoms with Gasteiger partial charge in [-0.15, -0.1) is 0 Å². The number of hydrogen-bond acceptors (Lipinski definition) is 3. The van der Waals surface area contributed by atoms with Crippen molar-refractivity contribution in [2.75, 3.05) is 0 Å². The normalized spacial score (nSPS) is 12.9. The molecule has 0 saturated heterocycles. The third-order valence-electron chi connectivity index (χ3n) is 8.36. The Morgan fingerprint density at radius 3 is 1.75 bits per heavy atom. The second-order valence-corrected chi connectivity index (χ2v) is 15.1. The second-order valence-electron chi connectivity index (χ2n) is 12.8. The summed E-state index contributed by atoms with van der Waals surface area (Å²) in [5.41, 5.74) is 5.21. The van der Waals surface area contributed by atoms with Gasteiger partial charge >= 0.3 is 0 Å². The van der Waals surface area contributed by atoms with E-state index >= 15 is 0 Å². The number of fused-ring (bicyclic) bond motifs is 1. The van der Waals surface area contributed by atoms with Crippen LogP contribution in [-0.2, 0) is 11.0 Å². The molecule has 0 fully saturated rings. The number of nitrogens with zero attached hydrogens (tertiary/aromatic N) is 2. The molecule has 0 amide bonds. The van der Waals surface area contributed by atoms with Crippen molar-refractivity contribution in [3.05, 3.63) is 167 Å². The molecule has 1 N–H and O–H groups in total. The van der Waals surface area contributed by atoms with Gasteiger partial charge in [0.2, 0.25) is 9.04 Å². The lowest BCUT2D eigenvalue weighted by Crippen LogP contribution is -2.37. The lowest BCUT2D eigenvalue weighted by atomic mass is 9.77. The molecule has 5 heteroatoms. The number of imidazole rings is 1. The summed E-state index contributed by atoms with van der Waals surface area (Å²) in [7, 11) is -1.50. The van der Waals surface area contributed by atoms with Gasteiger partial charge in [0.05, 0.1) is 12.0 Å². The van der Waals surface area contributed by atoms with Gasteiger partial charge in [-0.25, -0.2) is 4.98 Å². The van der Waals surface area contributed by atoms with E-state index in [1.807, 2.05) is 36.8 Å². The van der Waals surface area contributed by atoms with Crippen LogP contribution in [0.1, 0.15) is 60.4 Å². The van der Waals surface area contributed by atoms with E-state index in [4.69, 9.17) is 9.41 Å². The van der Waals surface area contributed by atoms with Crippen molar-refractivity contribution in [3.63, 3.8) is 0 Å². The topological polar surface area (TPSA) is 47.3 Å². The van der Waals surface area contributed by atoms with Crippen LogP contribution in [0.2, 0.25) is 13.1 Å². The van der Waals surface area contributed by atoms with Crippen LogP contribution in [0.25, 0.3) is 10.8 Å². The van der Waals surface area contributed by atoms with Gasteiger partial charge in [0, 0.05) is 17.1 Å². The Labute approximate surface area is 262 Å². The van der Waals surface area contributed by atoms with Gasteiger partial charge in [-0.2, -0.15) is 0 Å². The van der Waals surface area contributed by atoms with Crippen molar-refractivity contribution in [2.45, 2.75) is 50.9 Å². The fraction of sp³-hybridized carbons (Fsp3) is 0.205. The van der Waals surface area contributed by atoms with E-state index in [-0.39, 0.29) is 5.41 Å². The average Bonchev–Trinajstić information content (AvgIpc) is 3.52. The summed E-state index contributed by atoms with van der Waals surface area (Å²) < 4.78 is 8.69. The fourth-order valence-corrected chi connectivity index (χ4v) is 6.91. The molecule has 1 atom stereocenters. The van der Waals surface area contributed by atoms with E-state index in [9.17, 15) is 5.11 Å². The van der Waals surface area contributed by atoms with Gasteiger partial charge < -0.3 is 14.1 Å². The maximum absolute atomic E-state index is 12.0. The average molecular weight is 597 g/mol. The number of aliphatic hydroxyl groups excluding tert-OH is 1. The molecule has 0 radical (unpaired) electrons. The molecule has 4 nitrogen and oxygen atoms in total. The SMILES string of the molecule is C[SiH](C)Oc1c(C(O)c2cn(C(c3ccccc3)(c3ccccc3)c3ccccc3)cn2)ccc2cc(C(C)(C)C)ccc12. The highest BCUT2D eigenvalue weighted by Crippen LogP contribution is 2.42. The van der Waals surface area contributed by atoms with Crippen molar-refractivity contribution in [1.29, 1.82) is 0 Å². The van der Waals surface area contributed by atoms with E-state index in [2.05, 4.69) is 135 Å². The summed E-state index contributed by atoms with van der Waals surface area (Å²) in [5, 5.41) is 14.1. The van der Waals surface area contributed by atoms with Crippen LogP contribution in [0.4, 0.5) is 0 Å². The number of benzene rings is 5. The summed E-state index contributed by atoms with van der Waals surface area (Å²) in [6, 6.07) is 42.1. The molecule has 222 valence electrons. The summed E-state index contributed by atoms with van der Waals surface area (Å²) in [4.78, 5) is 4.85. The maximum Gasteiger partial charge on any atom is 0.229 e. The monoisotopic (exact) mass is 596 g/mol. The van der Waals surface area contributed by atoms with Gasteiger partial charge in [-0.1, -0.05) is 142 Å². The number of aliphatic hydroxyl groups is 1. The largest absolute Gasteiger partial charge is 0.546 e. The van der Waals surface area contributed by atoms with Crippen molar-refractivity contribution in [1.82, 2.24) is 9.55 Å². The van der Waals surface area contributed by atoms with Gasteiger partial charge in [-0.05, 0) is 46.1 Å². The first kappa shape index (κ1) is 29.6. The van der Waals surface area contributed by atoms with Crippen LogP contribution < -0.4 is 4.43 Å². The summed E-state index contributed by atoms with van der Waals surface area (Å²) >= 11 is 0. The first-order chi connectivity index (χ1) is 21.2. The molecule has 6 rings (SSSR count). The highest BCUT2D eigenvalue weighted by molar-refractivity contribution is 6.49. The molecular weight excluding hydrogens is 557 g/mol. The molecule has 0 aliphatic heterocycles. The minimum atomic E-state index is -1.50. The molecule has 0 saturated carbocycles. The van der Waals surface area contributed by atoms with E-state index < -0.39 is 20.7 Å². The van der Waals surface area contributed by atoms with Crippen molar-refractivity contribution >= 4 is 19.8 Å². The third kappa shape index (κ3) is 5.38. The molecular formula is C39H40N2O2Si. The summed E-state index contributed by atoms with van der Waals surface area (Å²) in [5.74, 6) is 0.757. The Hall–Kier alpha value is -4.45. The quantitative estimate of drug-likeness (QED) is 0.141. The summed E-state index contributed by atoms with van der Waals surface area (Å²) in [6.07, 6.45) is 2.87. The molecule has 44 heavy (non-hydrogen) atoms. The zero-order valence-corrected chi connectivity index (χ0v) is 27.3. The van der Waals surface area contributed by atoms with Gasteiger partial charge in [0.15, 0.2) is 0 Å². The second kappa shape index (κ2) is 11.9. The molecule has 5 aromatic carbocycles. The molecule has 1 heterocycles. The first-order valence-electron chi connectivity index (χ1n) is 15.3. The predicted octanol–water partition coefficient (Wildman–Crippen LogP) is 8.62. The highest BCUT2D eigenvalue weighted by Gasteiger charge is 2.39. The Balaban J connectivity index is 1.52. The molecule has 1 unspecified atom stereocenters. The molecule has 6 aromatic rings. The van der Waals surface area contributed by atoms with Crippen LogP contribution in [0, 0.1) is 0 Å². The Morgan fingerprint density at radius 1 is 0.705 bits per heavy atom. The van der Waals surface area contributed by atoms with Crippen LogP contribution >= 0.6 is 0 Å². The molecule has 0 aliphatic rings. The number of hydrogen-bond donors (Lipinski definition) is 1. The van der Waals surface area contributed by atoms with Gasteiger partial charge in [0.25, 0.3) is 0 Å². The van der Waals surface area contributed by atoms with Crippen LogP contribution in [-0.4, -0.2) is 23.7 Å². The lowest BCUT2D eigenvalue weighted by molar-refractivity contribution is 0.213. The van der Waals surface area contributed by atoms with Crippen molar-refractivity contribution < 1.29 is 9.53 Å². The molecule has 1 aromatic heterocycles.